The molecule has 1 saturated heterocycles. The van der Waals surface area contributed by atoms with Crippen LogP contribution in [-0.4, -0.2) is 45.8 Å². The molecule has 120 valence electrons. The van der Waals surface area contributed by atoms with Gasteiger partial charge in [0.05, 0.1) is 6.61 Å². The fourth-order valence-electron chi connectivity index (χ4n) is 3.58. The highest BCUT2D eigenvalue weighted by molar-refractivity contribution is 5.81. The minimum Gasteiger partial charge on any atom is -0.395 e. The lowest BCUT2D eigenvalue weighted by Crippen LogP contribution is -2.34. The van der Waals surface area contributed by atoms with Crippen LogP contribution in [0.4, 0.5) is 0 Å². The van der Waals surface area contributed by atoms with Gasteiger partial charge < -0.3 is 14.6 Å². The third kappa shape index (κ3) is 2.90. The van der Waals surface area contributed by atoms with Crippen molar-refractivity contribution in [2.24, 2.45) is 0 Å². The average molecular weight is 301 g/mol. The summed E-state index contributed by atoms with van der Waals surface area (Å²) in [6.45, 7) is 7.74. The Kier molecular flexibility index (Phi) is 4.79. The Bertz CT molecular complexity index is 614. The van der Waals surface area contributed by atoms with Gasteiger partial charge in [-0.2, -0.15) is 0 Å². The summed E-state index contributed by atoms with van der Waals surface area (Å²) in [6, 6.07) is 4.75. The predicted molar refractivity (Wildman–Crippen MR) is 90.2 cm³/mol. The van der Waals surface area contributed by atoms with Gasteiger partial charge in [0.15, 0.2) is 0 Å². The molecule has 1 aliphatic rings. The minimum absolute atomic E-state index is 0.266. The minimum atomic E-state index is 0.266. The Morgan fingerprint density at radius 2 is 2.14 bits per heavy atom. The SMILES string of the molecule is CCC(C)n1cc(C2CCN(CCO)CC2)c2cccnc21. The van der Waals surface area contributed by atoms with Gasteiger partial charge in [-0.15, -0.1) is 0 Å². The molecule has 0 radical (unpaired) electrons. The van der Waals surface area contributed by atoms with Crippen molar-refractivity contribution in [1.82, 2.24) is 14.5 Å². The number of rotatable bonds is 5. The molecule has 1 fully saturated rings. The van der Waals surface area contributed by atoms with Crippen LogP contribution in [0, 0.1) is 0 Å². The first kappa shape index (κ1) is 15.5. The zero-order valence-corrected chi connectivity index (χ0v) is 13.7. The molecule has 1 N–H and O–H groups in total. The van der Waals surface area contributed by atoms with E-state index in [0.717, 1.165) is 31.7 Å². The molecule has 1 aliphatic heterocycles. The summed E-state index contributed by atoms with van der Waals surface area (Å²) in [5.41, 5.74) is 2.59. The molecule has 0 saturated carbocycles. The third-order valence-electron chi connectivity index (χ3n) is 5.13. The van der Waals surface area contributed by atoms with Gasteiger partial charge in [0, 0.05) is 30.4 Å². The summed E-state index contributed by atoms with van der Waals surface area (Å²) in [6.07, 6.45) is 7.71. The van der Waals surface area contributed by atoms with E-state index in [9.17, 15) is 0 Å². The van der Waals surface area contributed by atoms with Gasteiger partial charge in [0.1, 0.15) is 5.65 Å². The van der Waals surface area contributed by atoms with Gasteiger partial charge in [-0.05, 0) is 62.9 Å². The molecular formula is C18H27N3O. The quantitative estimate of drug-likeness (QED) is 0.922. The third-order valence-corrected chi connectivity index (χ3v) is 5.13. The number of nitrogens with zero attached hydrogens (tertiary/aromatic N) is 3. The normalized spacial score (nSPS) is 18.9. The highest BCUT2D eigenvalue weighted by atomic mass is 16.3. The largest absolute Gasteiger partial charge is 0.395 e. The molecule has 3 heterocycles. The second kappa shape index (κ2) is 6.80. The van der Waals surface area contributed by atoms with Crippen molar-refractivity contribution < 1.29 is 5.11 Å². The number of hydrogen-bond donors (Lipinski definition) is 1. The second-order valence-electron chi connectivity index (χ2n) is 6.46. The smallest absolute Gasteiger partial charge is 0.140 e. The van der Waals surface area contributed by atoms with Crippen molar-refractivity contribution >= 4 is 11.0 Å². The Morgan fingerprint density at radius 1 is 1.36 bits per heavy atom. The highest BCUT2D eigenvalue weighted by Gasteiger charge is 2.24. The number of aliphatic hydroxyl groups excluding tert-OH is 1. The summed E-state index contributed by atoms with van der Waals surface area (Å²) in [5.74, 6) is 0.618. The van der Waals surface area contributed by atoms with Crippen molar-refractivity contribution in [3.63, 3.8) is 0 Å². The van der Waals surface area contributed by atoms with Crippen LogP contribution < -0.4 is 0 Å². The lowest BCUT2D eigenvalue weighted by atomic mass is 9.89. The van der Waals surface area contributed by atoms with E-state index in [0.29, 0.717) is 12.0 Å². The maximum Gasteiger partial charge on any atom is 0.140 e. The fraction of sp³-hybridized carbons (Fsp3) is 0.611. The number of β-amino-alcohol motifs (C(OH)–C–C–N with tert-alkyl or cyclic N) is 1. The number of fused-ring (bicyclic) bond motifs is 1. The van der Waals surface area contributed by atoms with Crippen LogP contribution in [0.2, 0.25) is 0 Å². The summed E-state index contributed by atoms with van der Waals surface area (Å²) >= 11 is 0. The zero-order valence-electron chi connectivity index (χ0n) is 13.7. The van der Waals surface area contributed by atoms with E-state index in [1.54, 1.807) is 0 Å². The van der Waals surface area contributed by atoms with Gasteiger partial charge in [0.25, 0.3) is 0 Å². The van der Waals surface area contributed by atoms with Crippen LogP contribution in [0.15, 0.2) is 24.5 Å². The predicted octanol–water partition coefficient (Wildman–Crippen LogP) is 3.18. The Labute approximate surface area is 132 Å². The first-order chi connectivity index (χ1) is 10.7. The van der Waals surface area contributed by atoms with Gasteiger partial charge in [-0.3, -0.25) is 0 Å². The lowest BCUT2D eigenvalue weighted by molar-refractivity contribution is 0.164. The van der Waals surface area contributed by atoms with Gasteiger partial charge in [0.2, 0.25) is 0 Å². The molecular weight excluding hydrogens is 274 g/mol. The number of aromatic nitrogens is 2. The van der Waals surface area contributed by atoms with Gasteiger partial charge in [-0.1, -0.05) is 6.92 Å². The number of pyridine rings is 1. The number of likely N-dealkylation sites (tertiary alicyclic amines) is 1. The van der Waals surface area contributed by atoms with Crippen LogP contribution in [0.5, 0.6) is 0 Å². The van der Waals surface area contributed by atoms with E-state index in [1.165, 1.54) is 23.8 Å². The molecule has 0 aliphatic carbocycles. The van der Waals surface area contributed by atoms with E-state index < -0.39 is 0 Å². The monoisotopic (exact) mass is 301 g/mol. The molecule has 0 amide bonds. The van der Waals surface area contributed by atoms with Crippen molar-refractivity contribution in [2.45, 2.75) is 45.1 Å². The maximum absolute atomic E-state index is 9.08. The topological polar surface area (TPSA) is 41.3 Å². The molecule has 1 atom stereocenters. The van der Waals surface area contributed by atoms with Gasteiger partial charge in [-0.25, -0.2) is 4.98 Å². The lowest BCUT2D eigenvalue weighted by Gasteiger charge is -2.31. The fourth-order valence-corrected chi connectivity index (χ4v) is 3.58. The first-order valence-electron chi connectivity index (χ1n) is 8.53. The molecule has 2 aromatic heterocycles. The summed E-state index contributed by atoms with van der Waals surface area (Å²) in [7, 11) is 0. The zero-order chi connectivity index (χ0) is 15.5. The number of hydrogen-bond acceptors (Lipinski definition) is 3. The standard InChI is InChI=1S/C18H27N3O/c1-3-14(2)21-13-17(16-5-4-8-19-18(16)21)15-6-9-20(10-7-15)11-12-22/h4-5,8,13-15,22H,3,6-7,9-12H2,1-2H3. The molecule has 4 heteroatoms. The summed E-state index contributed by atoms with van der Waals surface area (Å²) < 4.78 is 2.35. The number of aliphatic hydroxyl groups is 1. The van der Waals surface area contributed by atoms with Crippen LogP contribution in [0.3, 0.4) is 0 Å². The molecule has 0 spiro atoms. The Morgan fingerprint density at radius 3 is 2.82 bits per heavy atom. The van der Waals surface area contributed by atoms with Crippen LogP contribution in [0.1, 0.15) is 50.6 Å². The first-order valence-corrected chi connectivity index (χ1v) is 8.53. The van der Waals surface area contributed by atoms with E-state index in [2.05, 4.69) is 40.6 Å². The van der Waals surface area contributed by atoms with Crippen LogP contribution in [-0.2, 0) is 0 Å². The van der Waals surface area contributed by atoms with Crippen molar-refractivity contribution in [3.8, 4) is 0 Å². The van der Waals surface area contributed by atoms with Gasteiger partial charge >= 0.3 is 0 Å². The van der Waals surface area contributed by atoms with E-state index in [4.69, 9.17) is 5.11 Å². The second-order valence-corrected chi connectivity index (χ2v) is 6.46. The molecule has 0 aromatic carbocycles. The molecule has 1 unspecified atom stereocenters. The van der Waals surface area contributed by atoms with Crippen molar-refractivity contribution in [2.75, 3.05) is 26.2 Å². The summed E-state index contributed by atoms with van der Waals surface area (Å²) in [5, 5.41) is 10.4. The maximum atomic E-state index is 9.08. The molecule has 2 aromatic rings. The Hall–Kier alpha value is -1.39. The van der Waals surface area contributed by atoms with Crippen LogP contribution in [0.25, 0.3) is 11.0 Å². The average Bonchev–Trinajstić information content (AvgIpc) is 2.95. The number of piperidine rings is 1. The van der Waals surface area contributed by atoms with Crippen molar-refractivity contribution in [3.05, 3.63) is 30.1 Å². The van der Waals surface area contributed by atoms with E-state index in [1.807, 2.05) is 12.3 Å². The molecule has 22 heavy (non-hydrogen) atoms. The van der Waals surface area contributed by atoms with Crippen molar-refractivity contribution in [1.29, 1.82) is 0 Å². The molecule has 0 bridgehead atoms. The Balaban J connectivity index is 1.88. The van der Waals surface area contributed by atoms with Crippen LogP contribution >= 0.6 is 0 Å². The highest BCUT2D eigenvalue weighted by Crippen LogP contribution is 2.35. The summed E-state index contributed by atoms with van der Waals surface area (Å²) in [4.78, 5) is 6.99. The molecule has 4 nitrogen and oxygen atoms in total. The molecule has 3 rings (SSSR count). The van der Waals surface area contributed by atoms with E-state index in [-0.39, 0.29) is 6.61 Å². The van der Waals surface area contributed by atoms with E-state index >= 15 is 0 Å².